The van der Waals surface area contributed by atoms with Crippen LogP contribution in [-0.2, 0) is 12.7 Å². The van der Waals surface area contributed by atoms with E-state index < -0.39 is 12.0 Å². The Labute approximate surface area is 91.5 Å². The number of anilines is 1. The van der Waals surface area contributed by atoms with Crippen molar-refractivity contribution in [2.24, 2.45) is 0 Å². The molecule has 0 fully saturated rings. The Morgan fingerprint density at radius 1 is 1.44 bits per heavy atom. The minimum Gasteiger partial charge on any atom is -0.364 e. The Balaban J connectivity index is 1.98. The summed E-state index contributed by atoms with van der Waals surface area (Å²) in [5, 5.41) is 6.34. The summed E-state index contributed by atoms with van der Waals surface area (Å²) >= 11 is 0.648. The summed E-state index contributed by atoms with van der Waals surface area (Å²) in [5.74, 6) is -1.14. The fraction of sp³-hybridized carbons (Fsp3) is 0.286. The first kappa shape index (κ1) is 10.9. The van der Waals surface area contributed by atoms with Crippen LogP contribution in [0.1, 0.15) is 11.5 Å². The smallest absolute Gasteiger partial charge is 0.364 e. The molecule has 0 unspecified atom stereocenters. The topological polar surface area (TPSA) is 63.8 Å². The van der Waals surface area contributed by atoms with Gasteiger partial charge in [-0.2, -0.15) is 22.5 Å². The molecule has 2 heterocycles. The number of hydrogen-bond donors (Lipinski definition) is 1. The van der Waals surface area contributed by atoms with E-state index in [-0.39, 0.29) is 11.7 Å². The number of halogens is 3. The van der Waals surface area contributed by atoms with Crippen LogP contribution in [0.2, 0.25) is 0 Å². The SMILES string of the molecule is FC(F)(F)c1nsc(NCc2ccon2)n1. The van der Waals surface area contributed by atoms with Gasteiger partial charge in [0.15, 0.2) is 0 Å². The number of nitrogens with one attached hydrogen (secondary N) is 1. The highest BCUT2D eigenvalue weighted by molar-refractivity contribution is 7.09. The molecule has 0 saturated carbocycles. The quantitative estimate of drug-likeness (QED) is 0.904. The predicted molar refractivity (Wildman–Crippen MR) is 48.7 cm³/mol. The molecule has 5 nitrogen and oxygen atoms in total. The lowest BCUT2D eigenvalue weighted by molar-refractivity contribution is -0.144. The van der Waals surface area contributed by atoms with Gasteiger partial charge in [0.05, 0.1) is 6.54 Å². The van der Waals surface area contributed by atoms with E-state index in [4.69, 9.17) is 0 Å². The van der Waals surface area contributed by atoms with Crippen molar-refractivity contribution >= 4 is 16.7 Å². The number of nitrogens with zero attached hydrogens (tertiary/aromatic N) is 3. The van der Waals surface area contributed by atoms with E-state index in [0.717, 1.165) is 0 Å². The third-order valence-electron chi connectivity index (χ3n) is 1.59. The average molecular weight is 250 g/mol. The zero-order chi connectivity index (χ0) is 11.6. The second-order valence-electron chi connectivity index (χ2n) is 2.77. The number of rotatable bonds is 3. The highest BCUT2D eigenvalue weighted by Crippen LogP contribution is 2.28. The molecule has 0 radical (unpaired) electrons. The molecule has 0 atom stereocenters. The van der Waals surface area contributed by atoms with Crippen molar-refractivity contribution in [2.45, 2.75) is 12.7 Å². The van der Waals surface area contributed by atoms with Gasteiger partial charge in [0, 0.05) is 17.6 Å². The fourth-order valence-electron chi connectivity index (χ4n) is 0.905. The third kappa shape index (κ3) is 2.48. The molecular weight excluding hydrogens is 245 g/mol. The molecule has 0 bridgehead atoms. The van der Waals surface area contributed by atoms with Gasteiger partial charge in [-0.3, -0.25) is 0 Å². The Morgan fingerprint density at radius 3 is 2.81 bits per heavy atom. The zero-order valence-electron chi connectivity index (χ0n) is 7.65. The number of hydrogen-bond acceptors (Lipinski definition) is 6. The maximum Gasteiger partial charge on any atom is 0.452 e. The summed E-state index contributed by atoms with van der Waals surface area (Å²) in [6.07, 6.45) is -3.14. The highest BCUT2D eigenvalue weighted by Gasteiger charge is 2.36. The van der Waals surface area contributed by atoms with Crippen LogP contribution in [0.4, 0.5) is 18.3 Å². The molecule has 0 aromatic carbocycles. The summed E-state index contributed by atoms with van der Waals surface area (Å²) in [7, 11) is 0. The Morgan fingerprint density at radius 2 is 2.25 bits per heavy atom. The largest absolute Gasteiger partial charge is 0.452 e. The standard InChI is InChI=1S/C7H5F3N4OS/c8-7(9,10)5-12-6(16-14-5)11-3-4-1-2-15-13-4/h1-2H,3H2,(H,11,12,14). The van der Waals surface area contributed by atoms with Crippen molar-refractivity contribution in [1.82, 2.24) is 14.5 Å². The van der Waals surface area contributed by atoms with Gasteiger partial charge in [0.2, 0.25) is 11.0 Å². The second-order valence-corrected chi connectivity index (χ2v) is 3.52. The second kappa shape index (κ2) is 4.08. The molecule has 0 aliphatic heterocycles. The molecule has 9 heteroatoms. The van der Waals surface area contributed by atoms with Crippen molar-refractivity contribution in [2.75, 3.05) is 5.32 Å². The Kier molecular flexibility index (Phi) is 2.77. The van der Waals surface area contributed by atoms with E-state index in [9.17, 15) is 13.2 Å². The van der Waals surface area contributed by atoms with Crippen molar-refractivity contribution in [3.8, 4) is 0 Å². The van der Waals surface area contributed by atoms with E-state index in [0.29, 0.717) is 17.2 Å². The van der Waals surface area contributed by atoms with E-state index in [2.05, 4.69) is 24.4 Å². The Hall–Kier alpha value is -1.64. The molecule has 2 aromatic heterocycles. The predicted octanol–water partition coefficient (Wildman–Crippen LogP) is 2.16. The van der Waals surface area contributed by atoms with Crippen molar-refractivity contribution < 1.29 is 17.7 Å². The average Bonchev–Trinajstić information content (AvgIpc) is 2.85. The molecule has 0 saturated heterocycles. The first-order valence-corrected chi connectivity index (χ1v) is 4.87. The van der Waals surface area contributed by atoms with Crippen LogP contribution < -0.4 is 5.32 Å². The van der Waals surface area contributed by atoms with Crippen LogP contribution in [0.5, 0.6) is 0 Å². The monoisotopic (exact) mass is 250 g/mol. The van der Waals surface area contributed by atoms with Crippen LogP contribution in [-0.4, -0.2) is 14.5 Å². The zero-order valence-corrected chi connectivity index (χ0v) is 8.47. The van der Waals surface area contributed by atoms with Gasteiger partial charge in [-0.05, 0) is 0 Å². The number of aromatic nitrogens is 3. The summed E-state index contributed by atoms with van der Waals surface area (Å²) in [6.45, 7) is 0.239. The summed E-state index contributed by atoms with van der Waals surface area (Å²) < 4.78 is 44.2. The van der Waals surface area contributed by atoms with Gasteiger partial charge in [0.25, 0.3) is 0 Å². The van der Waals surface area contributed by atoms with Crippen molar-refractivity contribution in [3.63, 3.8) is 0 Å². The van der Waals surface area contributed by atoms with Crippen molar-refractivity contribution in [3.05, 3.63) is 23.8 Å². The molecule has 2 aromatic rings. The highest BCUT2D eigenvalue weighted by atomic mass is 32.1. The molecule has 1 N–H and O–H groups in total. The van der Waals surface area contributed by atoms with Gasteiger partial charge >= 0.3 is 6.18 Å². The third-order valence-corrected chi connectivity index (χ3v) is 2.26. The van der Waals surface area contributed by atoms with Gasteiger partial charge < -0.3 is 9.84 Å². The molecule has 2 rings (SSSR count). The van der Waals surface area contributed by atoms with E-state index in [1.807, 2.05) is 0 Å². The molecule has 0 spiro atoms. The van der Waals surface area contributed by atoms with Crippen LogP contribution in [0.15, 0.2) is 16.9 Å². The van der Waals surface area contributed by atoms with Crippen LogP contribution in [0.25, 0.3) is 0 Å². The van der Waals surface area contributed by atoms with Crippen LogP contribution >= 0.6 is 11.5 Å². The lowest BCUT2D eigenvalue weighted by Gasteiger charge is -1.99. The minimum atomic E-state index is -4.51. The van der Waals surface area contributed by atoms with Gasteiger partial charge in [-0.25, -0.2) is 0 Å². The summed E-state index contributed by atoms with van der Waals surface area (Å²) in [5.41, 5.74) is 0.573. The van der Waals surface area contributed by atoms with Gasteiger partial charge in [-0.15, -0.1) is 0 Å². The lowest BCUT2D eigenvalue weighted by Crippen LogP contribution is -2.07. The van der Waals surface area contributed by atoms with E-state index in [1.165, 1.54) is 6.26 Å². The summed E-state index contributed by atoms with van der Waals surface area (Å²) in [6, 6.07) is 1.60. The maximum atomic E-state index is 12.1. The molecular formula is C7H5F3N4OS. The molecule has 0 amide bonds. The first-order valence-electron chi connectivity index (χ1n) is 4.10. The number of alkyl halides is 3. The molecule has 86 valence electrons. The molecule has 0 aliphatic carbocycles. The van der Waals surface area contributed by atoms with Gasteiger partial charge in [-0.1, -0.05) is 5.16 Å². The van der Waals surface area contributed by atoms with E-state index >= 15 is 0 Å². The summed E-state index contributed by atoms with van der Waals surface area (Å²) in [4.78, 5) is 3.29. The fourth-order valence-corrected chi connectivity index (χ4v) is 1.49. The molecule has 16 heavy (non-hydrogen) atoms. The van der Waals surface area contributed by atoms with Crippen molar-refractivity contribution in [1.29, 1.82) is 0 Å². The van der Waals surface area contributed by atoms with Gasteiger partial charge in [0.1, 0.15) is 12.0 Å². The first-order chi connectivity index (χ1) is 7.55. The minimum absolute atomic E-state index is 0.0929. The molecule has 0 aliphatic rings. The Bertz CT molecular complexity index is 452. The normalized spacial score (nSPS) is 11.7. The van der Waals surface area contributed by atoms with Crippen LogP contribution in [0.3, 0.4) is 0 Å². The van der Waals surface area contributed by atoms with E-state index in [1.54, 1.807) is 6.07 Å². The van der Waals surface area contributed by atoms with Crippen LogP contribution in [0, 0.1) is 0 Å². The lowest BCUT2D eigenvalue weighted by atomic mass is 10.4. The maximum absolute atomic E-state index is 12.1.